The second-order valence-corrected chi connectivity index (χ2v) is 4.35. The van der Waals surface area contributed by atoms with Gasteiger partial charge in [-0.25, -0.2) is 0 Å². The van der Waals surface area contributed by atoms with Crippen LogP contribution in [0.1, 0.15) is 6.92 Å². The van der Waals surface area contributed by atoms with Crippen molar-refractivity contribution >= 4 is 24.0 Å². The van der Waals surface area contributed by atoms with Crippen molar-refractivity contribution in [2.24, 2.45) is 5.92 Å². The van der Waals surface area contributed by atoms with Gasteiger partial charge in [-0.15, -0.1) is 12.4 Å². The number of hydrogen-bond donors (Lipinski definition) is 2. The molecular weight excluding hydrogens is 309 g/mol. The Labute approximate surface area is 127 Å². The van der Waals surface area contributed by atoms with Crippen LogP contribution < -0.4 is 15.4 Å². The number of nitrogens with one attached hydrogen (secondary N) is 2. The first kappa shape index (κ1) is 19.5. The zero-order chi connectivity index (χ0) is 15.2. The molecule has 2 N–H and O–H groups in total. The Morgan fingerprint density at radius 3 is 2.52 bits per heavy atom. The van der Waals surface area contributed by atoms with Crippen molar-refractivity contribution in [2.75, 3.05) is 25.5 Å². The first-order valence-electron chi connectivity index (χ1n) is 6.07. The zero-order valence-electron chi connectivity index (χ0n) is 11.7. The summed E-state index contributed by atoms with van der Waals surface area (Å²) in [4.78, 5) is 11.8. The molecule has 1 aromatic carbocycles. The number of hydrogen-bond acceptors (Lipinski definition) is 3. The van der Waals surface area contributed by atoms with Gasteiger partial charge in [0.1, 0.15) is 5.75 Å². The average molecular weight is 327 g/mol. The minimum absolute atomic E-state index is 0. The highest BCUT2D eigenvalue weighted by molar-refractivity contribution is 5.93. The van der Waals surface area contributed by atoms with Crippen LogP contribution >= 0.6 is 12.4 Å². The summed E-state index contributed by atoms with van der Waals surface area (Å²) < 4.78 is 41.1. The van der Waals surface area contributed by atoms with E-state index in [4.69, 9.17) is 0 Å². The molecule has 0 aliphatic rings. The second-order valence-electron chi connectivity index (χ2n) is 4.35. The average Bonchev–Trinajstić information content (AvgIpc) is 2.37. The quantitative estimate of drug-likeness (QED) is 0.845. The summed E-state index contributed by atoms with van der Waals surface area (Å²) in [6.07, 6.45) is -4.42. The minimum Gasteiger partial charge on any atom is -0.482 e. The topological polar surface area (TPSA) is 50.4 Å². The van der Waals surface area contributed by atoms with E-state index in [0.717, 1.165) is 0 Å². The lowest BCUT2D eigenvalue weighted by Gasteiger charge is -2.16. The van der Waals surface area contributed by atoms with Gasteiger partial charge in [0.05, 0.1) is 5.69 Å². The molecule has 0 bridgehead atoms. The summed E-state index contributed by atoms with van der Waals surface area (Å²) in [5, 5.41) is 5.41. The third-order valence-corrected chi connectivity index (χ3v) is 2.49. The van der Waals surface area contributed by atoms with E-state index in [9.17, 15) is 18.0 Å². The first-order valence-corrected chi connectivity index (χ1v) is 6.07. The summed E-state index contributed by atoms with van der Waals surface area (Å²) in [5.74, 6) is -0.604. The maximum atomic E-state index is 12.1. The van der Waals surface area contributed by atoms with Crippen molar-refractivity contribution < 1.29 is 22.7 Å². The SMILES string of the molecule is CNCC(C)C(=O)Nc1ccccc1OCC(F)(F)F.Cl. The fourth-order valence-electron chi connectivity index (χ4n) is 1.51. The van der Waals surface area contributed by atoms with Gasteiger partial charge in [-0.05, 0) is 19.2 Å². The molecule has 21 heavy (non-hydrogen) atoms. The number of anilines is 1. The van der Waals surface area contributed by atoms with Crippen LogP contribution in [-0.2, 0) is 4.79 Å². The molecule has 0 saturated carbocycles. The van der Waals surface area contributed by atoms with Gasteiger partial charge >= 0.3 is 6.18 Å². The summed E-state index contributed by atoms with van der Waals surface area (Å²) in [6, 6.07) is 6.02. The van der Waals surface area contributed by atoms with Gasteiger partial charge in [0.15, 0.2) is 6.61 Å². The Hall–Kier alpha value is -1.47. The molecule has 0 aliphatic carbocycles. The van der Waals surface area contributed by atoms with Crippen LogP contribution in [0.4, 0.5) is 18.9 Å². The largest absolute Gasteiger partial charge is 0.482 e. The molecule has 0 fully saturated rings. The Kier molecular flexibility index (Phi) is 8.12. The van der Waals surface area contributed by atoms with Crippen LogP contribution in [0.2, 0.25) is 0 Å². The van der Waals surface area contributed by atoms with Crippen molar-refractivity contribution in [3.63, 3.8) is 0 Å². The molecule has 0 aliphatic heterocycles. The number of ether oxygens (including phenoxy) is 1. The van der Waals surface area contributed by atoms with Crippen molar-refractivity contribution in [3.05, 3.63) is 24.3 Å². The smallest absolute Gasteiger partial charge is 0.422 e. The van der Waals surface area contributed by atoms with Gasteiger partial charge in [-0.2, -0.15) is 13.2 Å². The zero-order valence-corrected chi connectivity index (χ0v) is 12.5. The van der Waals surface area contributed by atoms with Gasteiger partial charge < -0.3 is 15.4 Å². The van der Waals surface area contributed by atoms with Crippen LogP contribution in [0.3, 0.4) is 0 Å². The van der Waals surface area contributed by atoms with Gasteiger partial charge in [0, 0.05) is 12.5 Å². The highest BCUT2D eigenvalue weighted by Crippen LogP contribution is 2.26. The maximum Gasteiger partial charge on any atom is 0.422 e. The minimum atomic E-state index is -4.42. The molecule has 0 aromatic heterocycles. The summed E-state index contributed by atoms with van der Waals surface area (Å²) in [7, 11) is 1.71. The fraction of sp³-hybridized carbons (Fsp3) is 0.462. The molecule has 0 radical (unpaired) electrons. The summed E-state index contributed by atoms with van der Waals surface area (Å²) >= 11 is 0. The highest BCUT2D eigenvalue weighted by atomic mass is 35.5. The van der Waals surface area contributed by atoms with Crippen molar-refractivity contribution in [2.45, 2.75) is 13.1 Å². The molecule has 1 aromatic rings. The molecule has 0 saturated heterocycles. The number of para-hydroxylation sites is 2. The summed E-state index contributed by atoms with van der Waals surface area (Å²) in [5.41, 5.74) is 0.227. The lowest BCUT2D eigenvalue weighted by molar-refractivity contribution is -0.153. The van der Waals surface area contributed by atoms with E-state index in [0.29, 0.717) is 6.54 Å². The maximum absolute atomic E-state index is 12.1. The monoisotopic (exact) mass is 326 g/mol. The van der Waals surface area contributed by atoms with E-state index in [2.05, 4.69) is 15.4 Å². The molecule has 1 atom stereocenters. The molecule has 4 nitrogen and oxygen atoms in total. The summed E-state index contributed by atoms with van der Waals surface area (Å²) in [6.45, 7) is 0.786. The molecule has 0 spiro atoms. The Bertz CT molecular complexity index is 455. The molecule has 120 valence electrons. The second kappa shape index (κ2) is 8.74. The molecule has 1 amide bonds. The van der Waals surface area contributed by atoms with E-state index in [-0.39, 0.29) is 35.7 Å². The lowest BCUT2D eigenvalue weighted by Crippen LogP contribution is -2.29. The normalized spacial score (nSPS) is 12.2. The lowest BCUT2D eigenvalue weighted by atomic mass is 10.1. The van der Waals surface area contributed by atoms with Crippen LogP contribution in [0, 0.1) is 5.92 Å². The first-order chi connectivity index (χ1) is 9.33. The third-order valence-electron chi connectivity index (χ3n) is 2.49. The number of amides is 1. The van der Waals surface area contributed by atoms with E-state index < -0.39 is 12.8 Å². The predicted octanol–water partition coefficient (Wildman–Crippen LogP) is 2.84. The van der Waals surface area contributed by atoms with Gasteiger partial charge in [0.25, 0.3) is 0 Å². The highest BCUT2D eigenvalue weighted by Gasteiger charge is 2.29. The number of alkyl halides is 3. The number of benzene rings is 1. The number of carbonyl (C=O) groups is 1. The van der Waals surface area contributed by atoms with Crippen LogP contribution in [-0.4, -0.2) is 32.3 Å². The van der Waals surface area contributed by atoms with E-state index >= 15 is 0 Å². The molecular formula is C13H18ClF3N2O2. The Balaban J connectivity index is 0.00000400. The molecule has 0 heterocycles. The van der Waals surface area contributed by atoms with E-state index in [1.54, 1.807) is 26.1 Å². The van der Waals surface area contributed by atoms with Gasteiger partial charge in [0.2, 0.25) is 5.91 Å². The standard InChI is InChI=1S/C13H17F3N2O2.ClH/c1-9(7-17-2)12(19)18-10-5-3-4-6-11(10)20-8-13(14,15)16;/h3-6,9,17H,7-8H2,1-2H3,(H,18,19);1H. The van der Waals surface area contributed by atoms with Crippen LogP contribution in [0.15, 0.2) is 24.3 Å². The van der Waals surface area contributed by atoms with E-state index in [1.807, 2.05) is 0 Å². The molecule has 1 unspecified atom stereocenters. The number of halogens is 4. The fourth-order valence-corrected chi connectivity index (χ4v) is 1.51. The molecule has 8 heteroatoms. The molecule has 1 rings (SSSR count). The van der Waals surface area contributed by atoms with Crippen molar-refractivity contribution in [3.8, 4) is 5.75 Å². The third kappa shape index (κ3) is 7.19. The van der Waals surface area contributed by atoms with Crippen molar-refractivity contribution in [1.29, 1.82) is 0 Å². The van der Waals surface area contributed by atoms with Gasteiger partial charge in [-0.3, -0.25) is 4.79 Å². The number of rotatable bonds is 6. The van der Waals surface area contributed by atoms with Gasteiger partial charge in [-0.1, -0.05) is 19.1 Å². The Morgan fingerprint density at radius 2 is 1.95 bits per heavy atom. The predicted molar refractivity (Wildman–Crippen MR) is 77.0 cm³/mol. The van der Waals surface area contributed by atoms with Crippen LogP contribution in [0.25, 0.3) is 0 Å². The van der Waals surface area contributed by atoms with Crippen LogP contribution in [0.5, 0.6) is 5.75 Å². The van der Waals surface area contributed by atoms with E-state index in [1.165, 1.54) is 12.1 Å². The Morgan fingerprint density at radius 1 is 1.33 bits per heavy atom. The number of carbonyl (C=O) groups excluding carboxylic acids is 1. The van der Waals surface area contributed by atoms with Crippen molar-refractivity contribution in [1.82, 2.24) is 5.32 Å².